The zero-order chi connectivity index (χ0) is 17.5. The molecule has 0 radical (unpaired) electrons. The second-order valence-corrected chi connectivity index (χ2v) is 8.44. The van der Waals surface area contributed by atoms with Gasteiger partial charge < -0.3 is 10.2 Å². The van der Waals surface area contributed by atoms with Crippen LogP contribution in [0.25, 0.3) is 0 Å². The van der Waals surface area contributed by atoms with Crippen molar-refractivity contribution in [2.45, 2.75) is 95.9 Å². The van der Waals surface area contributed by atoms with Gasteiger partial charge in [0.15, 0.2) is 0 Å². The molecule has 1 aliphatic heterocycles. The maximum atomic E-state index is 13.1. The molecule has 3 rings (SSSR count). The van der Waals surface area contributed by atoms with Gasteiger partial charge in [-0.1, -0.05) is 44.9 Å². The van der Waals surface area contributed by atoms with Gasteiger partial charge in [-0.25, -0.2) is 0 Å². The van der Waals surface area contributed by atoms with Crippen LogP contribution in [0.5, 0.6) is 0 Å². The maximum absolute atomic E-state index is 13.1. The average molecular weight is 349 g/mol. The summed E-state index contributed by atoms with van der Waals surface area (Å²) in [5, 5.41) is 3.12. The standard InChI is InChI=1S/C21H36N2O2/c24-20(14-13-17-9-3-1-4-10-17)23-16-8-2-7-15-22-21(25)18-11-5-6-12-19(18)23/h17-19H,1-16H2,(H,22,25)/t18-,19+/m1/s1. The van der Waals surface area contributed by atoms with E-state index in [0.717, 1.165) is 70.4 Å². The molecule has 1 heterocycles. The third-order valence-electron chi connectivity index (χ3n) is 6.65. The Hall–Kier alpha value is -1.06. The molecule has 0 aromatic rings. The summed E-state index contributed by atoms with van der Waals surface area (Å²) in [6.07, 6.45) is 15.9. The van der Waals surface area contributed by atoms with Gasteiger partial charge in [0.05, 0.1) is 5.92 Å². The van der Waals surface area contributed by atoms with Crippen LogP contribution in [0, 0.1) is 11.8 Å². The number of rotatable bonds is 3. The molecular formula is C21H36N2O2. The molecule has 2 saturated carbocycles. The van der Waals surface area contributed by atoms with Crippen LogP contribution in [0.3, 0.4) is 0 Å². The highest BCUT2D eigenvalue weighted by Gasteiger charge is 2.37. The fourth-order valence-electron chi connectivity index (χ4n) is 5.14. The molecule has 4 heteroatoms. The van der Waals surface area contributed by atoms with Crippen LogP contribution in [0.1, 0.15) is 89.9 Å². The van der Waals surface area contributed by atoms with Gasteiger partial charge >= 0.3 is 0 Å². The molecule has 1 saturated heterocycles. The quantitative estimate of drug-likeness (QED) is 0.837. The van der Waals surface area contributed by atoms with Gasteiger partial charge in [-0.05, 0) is 44.4 Å². The zero-order valence-corrected chi connectivity index (χ0v) is 15.8. The van der Waals surface area contributed by atoms with Crippen LogP contribution < -0.4 is 5.32 Å². The SMILES string of the molecule is O=C1NCCCCCN(C(=O)CCC2CCCCC2)[C@H]2CCCC[C@@H]12. The van der Waals surface area contributed by atoms with Gasteiger partial charge in [0, 0.05) is 25.6 Å². The molecule has 25 heavy (non-hydrogen) atoms. The number of nitrogens with zero attached hydrogens (tertiary/aromatic N) is 1. The van der Waals surface area contributed by atoms with E-state index in [1.54, 1.807) is 0 Å². The summed E-state index contributed by atoms with van der Waals surface area (Å²) >= 11 is 0. The summed E-state index contributed by atoms with van der Waals surface area (Å²) in [7, 11) is 0. The summed E-state index contributed by atoms with van der Waals surface area (Å²) in [5.74, 6) is 1.28. The molecule has 0 unspecified atom stereocenters. The number of carbonyl (C=O) groups is 2. The van der Waals surface area contributed by atoms with E-state index in [4.69, 9.17) is 0 Å². The minimum absolute atomic E-state index is 0.0190. The lowest BCUT2D eigenvalue weighted by Gasteiger charge is -2.40. The highest BCUT2D eigenvalue weighted by Crippen LogP contribution is 2.32. The second kappa shape index (κ2) is 9.59. The minimum Gasteiger partial charge on any atom is -0.356 e. The lowest BCUT2D eigenvalue weighted by molar-refractivity contribution is -0.139. The summed E-state index contributed by atoms with van der Waals surface area (Å²) in [4.78, 5) is 27.8. The summed E-state index contributed by atoms with van der Waals surface area (Å²) in [6, 6.07) is 0.144. The smallest absolute Gasteiger partial charge is 0.225 e. The Kier molecular flexibility index (Phi) is 7.18. The van der Waals surface area contributed by atoms with Gasteiger partial charge in [-0.3, -0.25) is 9.59 Å². The third-order valence-corrected chi connectivity index (χ3v) is 6.65. The fourth-order valence-corrected chi connectivity index (χ4v) is 5.14. The normalized spacial score (nSPS) is 29.6. The van der Waals surface area contributed by atoms with Crippen LogP contribution in [0.2, 0.25) is 0 Å². The molecule has 3 aliphatic rings. The molecule has 2 aliphatic carbocycles. The van der Waals surface area contributed by atoms with Gasteiger partial charge in [0.1, 0.15) is 0 Å². The Labute approximate surface area is 153 Å². The third kappa shape index (κ3) is 5.21. The van der Waals surface area contributed by atoms with Gasteiger partial charge in [-0.2, -0.15) is 0 Å². The number of carbonyl (C=O) groups excluding carboxylic acids is 2. The summed E-state index contributed by atoms with van der Waals surface area (Å²) in [5.41, 5.74) is 0. The van der Waals surface area contributed by atoms with Crippen LogP contribution in [0.4, 0.5) is 0 Å². The highest BCUT2D eigenvalue weighted by molar-refractivity contribution is 5.82. The molecular weight excluding hydrogens is 312 g/mol. The Morgan fingerprint density at radius 2 is 1.64 bits per heavy atom. The molecule has 4 nitrogen and oxygen atoms in total. The molecule has 2 atom stereocenters. The van der Waals surface area contributed by atoms with Gasteiger partial charge in [-0.15, -0.1) is 0 Å². The van der Waals surface area contributed by atoms with E-state index in [0.29, 0.717) is 12.3 Å². The average Bonchev–Trinajstić information content (AvgIpc) is 2.66. The van der Waals surface area contributed by atoms with E-state index in [1.165, 1.54) is 32.1 Å². The maximum Gasteiger partial charge on any atom is 0.225 e. The number of hydrogen-bond acceptors (Lipinski definition) is 2. The van der Waals surface area contributed by atoms with Crippen molar-refractivity contribution in [2.75, 3.05) is 13.1 Å². The molecule has 0 aromatic heterocycles. The largest absolute Gasteiger partial charge is 0.356 e. The lowest BCUT2D eigenvalue weighted by Crippen LogP contribution is -2.51. The predicted molar refractivity (Wildman–Crippen MR) is 100 cm³/mol. The first kappa shape index (κ1) is 18.7. The Morgan fingerprint density at radius 1 is 0.920 bits per heavy atom. The van der Waals surface area contributed by atoms with Crippen molar-refractivity contribution in [3.63, 3.8) is 0 Å². The molecule has 1 N–H and O–H groups in total. The molecule has 0 aromatic carbocycles. The van der Waals surface area contributed by atoms with Crippen molar-refractivity contribution in [3.8, 4) is 0 Å². The Morgan fingerprint density at radius 3 is 2.48 bits per heavy atom. The van der Waals surface area contributed by atoms with Crippen molar-refractivity contribution in [1.29, 1.82) is 0 Å². The van der Waals surface area contributed by atoms with Gasteiger partial charge in [0.25, 0.3) is 0 Å². The van der Waals surface area contributed by atoms with Crippen molar-refractivity contribution in [2.24, 2.45) is 11.8 Å². The number of hydrogen-bond donors (Lipinski definition) is 1. The molecule has 3 fully saturated rings. The van der Waals surface area contributed by atoms with E-state index in [2.05, 4.69) is 10.2 Å². The van der Waals surface area contributed by atoms with Gasteiger partial charge in [0.2, 0.25) is 11.8 Å². The van der Waals surface area contributed by atoms with Crippen molar-refractivity contribution in [1.82, 2.24) is 10.2 Å². The molecule has 142 valence electrons. The molecule has 0 bridgehead atoms. The highest BCUT2D eigenvalue weighted by atomic mass is 16.2. The topological polar surface area (TPSA) is 49.4 Å². The van der Waals surface area contributed by atoms with E-state index in [9.17, 15) is 9.59 Å². The first-order chi connectivity index (χ1) is 12.3. The fraction of sp³-hybridized carbons (Fsp3) is 0.905. The number of amides is 2. The minimum atomic E-state index is 0.0190. The number of nitrogens with one attached hydrogen (secondary N) is 1. The summed E-state index contributed by atoms with van der Waals surface area (Å²) < 4.78 is 0. The number of fused-ring (bicyclic) bond motifs is 1. The first-order valence-electron chi connectivity index (χ1n) is 10.8. The van der Waals surface area contributed by atoms with Crippen LogP contribution in [0.15, 0.2) is 0 Å². The van der Waals surface area contributed by atoms with Crippen molar-refractivity contribution in [3.05, 3.63) is 0 Å². The van der Waals surface area contributed by atoms with Crippen LogP contribution >= 0.6 is 0 Å². The van der Waals surface area contributed by atoms with Crippen LogP contribution in [-0.2, 0) is 9.59 Å². The van der Waals surface area contributed by atoms with E-state index >= 15 is 0 Å². The monoisotopic (exact) mass is 348 g/mol. The molecule has 2 amide bonds. The molecule has 0 spiro atoms. The van der Waals surface area contributed by atoms with Crippen LogP contribution in [-0.4, -0.2) is 35.8 Å². The Bertz CT molecular complexity index is 445. The Balaban J connectivity index is 1.63. The summed E-state index contributed by atoms with van der Waals surface area (Å²) in [6.45, 7) is 1.66. The van der Waals surface area contributed by atoms with Crippen molar-refractivity contribution >= 4 is 11.8 Å². The predicted octanol–water partition coefficient (Wildman–Crippen LogP) is 4.03. The van der Waals surface area contributed by atoms with Crippen molar-refractivity contribution < 1.29 is 9.59 Å². The van der Waals surface area contributed by atoms with E-state index in [-0.39, 0.29) is 17.9 Å². The first-order valence-corrected chi connectivity index (χ1v) is 10.8. The van der Waals surface area contributed by atoms with E-state index in [1.807, 2.05) is 0 Å². The second-order valence-electron chi connectivity index (χ2n) is 8.44. The lowest BCUT2D eigenvalue weighted by atomic mass is 9.82. The zero-order valence-electron chi connectivity index (χ0n) is 15.8. The van der Waals surface area contributed by atoms with E-state index < -0.39 is 0 Å².